The van der Waals surface area contributed by atoms with Gasteiger partial charge in [-0.3, -0.25) is 9.10 Å². The van der Waals surface area contributed by atoms with Crippen molar-refractivity contribution >= 4 is 61.3 Å². The first-order chi connectivity index (χ1) is 14.7. The fourth-order valence-electron chi connectivity index (χ4n) is 3.66. The number of nitrogens with zero attached hydrogens (tertiary/aromatic N) is 2. The molecule has 2 heterocycles. The monoisotopic (exact) mass is 495 g/mol. The molecule has 0 saturated heterocycles. The fraction of sp³-hybridized carbons (Fsp3) is 0.238. The van der Waals surface area contributed by atoms with Crippen LogP contribution in [-0.2, 0) is 21.2 Å². The predicted molar refractivity (Wildman–Crippen MR) is 126 cm³/mol. The van der Waals surface area contributed by atoms with Gasteiger partial charge < -0.3 is 5.32 Å². The van der Waals surface area contributed by atoms with Crippen molar-refractivity contribution in [2.75, 3.05) is 16.2 Å². The van der Waals surface area contributed by atoms with E-state index >= 15 is 0 Å². The van der Waals surface area contributed by atoms with E-state index in [-0.39, 0.29) is 20.8 Å². The van der Waals surface area contributed by atoms with Crippen LogP contribution in [0, 0.1) is 6.92 Å². The largest absolute Gasteiger partial charge is 0.302 e. The minimum atomic E-state index is -3.92. The van der Waals surface area contributed by atoms with E-state index < -0.39 is 10.0 Å². The summed E-state index contributed by atoms with van der Waals surface area (Å²) in [5, 5.41) is 3.45. The highest BCUT2D eigenvalue weighted by atomic mass is 35.5. The molecule has 0 fully saturated rings. The zero-order valence-electron chi connectivity index (χ0n) is 16.8. The van der Waals surface area contributed by atoms with Gasteiger partial charge in [0, 0.05) is 13.5 Å². The second-order valence-corrected chi connectivity index (χ2v) is 10.8. The lowest BCUT2D eigenvalue weighted by Crippen LogP contribution is -2.35. The summed E-state index contributed by atoms with van der Waals surface area (Å²) in [6.07, 6.45) is 1.43. The van der Waals surface area contributed by atoms with Gasteiger partial charge in [-0.25, -0.2) is 13.4 Å². The van der Waals surface area contributed by atoms with Crippen molar-refractivity contribution in [3.8, 4) is 10.4 Å². The van der Waals surface area contributed by atoms with Crippen LogP contribution in [0.1, 0.15) is 24.6 Å². The van der Waals surface area contributed by atoms with E-state index in [2.05, 4.69) is 10.3 Å². The van der Waals surface area contributed by atoms with Gasteiger partial charge in [-0.05, 0) is 55.2 Å². The Labute approximate surface area is 194 Å². The van der Waals surface area contributed by atoms with Crippen molar-refractivity contribution in [3.63, 3.8) is 0 Å². The number of aromatic nitrogens is 1. The highest BCUT2D eigenvalue weighted by Crippen LogP contribution is 2.40. The summed E-state index contributed by atoms with van der Waals surface area (Å²) in [4.78, 5) is 16.6. The second kappa shape index (κ2) is 8.43. The third kappa shape index (κ3) is 4.17. The smallest absolute Gasteiger partial charge is 0.267 e. The molecule has 0 bridgehead atoms. The predicted octanol–water partition coefficient (Wildman–Crippen LogP) is 5.53. The maximum Gasteiger partial charge on any atom is 0.267 e. The molecule has 1 aliphatic heterocycles. The van der Waals surface area contributed by atoms with Gasteiger partial charge in [0.05, 0.1) is 26.3 Å². The van der Waals surface area contributed by atoms with Crippen molar-refractivity contribution in [1.29, 1.82) is 0 Å². The molecule has 0 unspecified atom stereocenters. The summed E-state index contributed by atoms with van der Waals surface area (Å²) in [6, 6.07) is 10.3. The number of aryl methyl sites for hydroxylation is 2. The molecule has 1 amide bonds. The van der Waals surface area contributed by atoms with Gasteiger partial charge in [-0.2, -0.15) is 0 Å². The summed E-state index contributed by atoms with van der Waals surface area (Å²) in [5.41, 5.74) is 3.27. The molecule has 0 atom stereocenters. The Balaban J connectivity index is 1.75. The molecule has 0 spiro atoms. The molecule has 6 nitrogen and oxygen atoms in total. The van der Waals surface area contributed by atoms with E-state index in [1.807, 2.05) is 25.1 Å². The molecule has 3 aromatic rings. The lowest BCUT2D eigenvalue weighted by molar-refractivity contribution is -0.114. The molecule has 2 aromatic carbocycles. The lowest BCUT2D eigenvalue weighted by atomic mass is 10.00. The molecule has 10 heteroatoms. The Morgan fingerprint density at radius 1 is 1.19 bits per heavy atom. The Hall–Kier alpha value is -2.13. The highest BCUT2D eigenvalue weighted by Gasteiger charge is 2.32. The van der Waals surface area contributed by atoms with Gasteiger partial charge in [0.25, 0.3) is 10.0 Å². The normalized spacial score (nSPS) is 13.7. The zero-order valence-corrected chi connectivity index (χ0v) is 19.9. The van der Waals surface area contributed by atoms with Crippen LogP contribution in [0.3, 0.4) is 0 Å². The summed E-state index contributed by atoms with van der Waals surface area (Å²) >= 11 is 13.8. The van der Waals surface area contributed by atoms with Crippen molar-refractivity contribution < 1.29 is 13.2 Å². The van der Waals surface area contributed by atoms with Crippen LogP contribution >= 0.6 is 34.5 Å². The summed E-state index contributed by atoms with van der Waals surface area (Å²) in [5.74, 6) is -0.176. The number of carbonyl (C=O) groups is 1. The molecule has 1 aliphatic rings. The number of sulfonamides is 1. The number of rotatable bonds is 4. The van der Waals surface area contributed by atoms with Crippen molar-refractivity contribution in [2.45, 2.75) is 31.6 Å². The minimum Gasteiger partial charge on any atom is -0.302 e. The molecule has 4 rings (SSSR count). The average molecular weight is 496 g/mol. The average Bonchev–Trinajstić information content (AvgIpc) is 3.06. The summed E-state index contributed by atoms with van der Waals surface area (Å²) in [7, 11) is -3.92. The standard InChI is InChI=1S/C21H19Cl2N3O3S2/c1-12-19(30-21(24-12)25-13(2)27)15-8-9-18-14(11-15)5-4-10-26(18)31(28,29)20-16(22)6-3-7-17(20)23/h3,6-9,11H,4-5,10H2,1-2H3,(H,24,25,27). The van der Waals surface area contributed by atoms with Crippen LogP contribution in [-0.4, -0.2) is 25.9 Å². The Kier molecular flexibility index (Phi) is 6.00. The van der Waals surface area contributed by atoms with E-state index in [1.54, 1.807) is 6.07 Å². The number of thiazole rings is 1. The van der Waals surface area contributed by atoms with Crippen LogP contribution in [0.15, 0.2) is 41.3 Å². The number of halogens is 2. The molecule has 0 aliphatic carbocycles. The third-order valence-electron chi connectivity index (χ3n) is 4.96. The summed E-state index contributed by atoms with van der Waals surface area (Å²) < 4.78 is 28.2. The van der Waals surface area contributed by atoms with Crippen molar-refractivity contribution in [2.24, 2.45) is 0 Å². The van der Waals surface area contributed by atoms with Crippen LogP contribution < -0.4 is 9.62 Å². The van der Waals surface area contributed by atoms with E-state index in [0.29, 0.717) is 23.8 Å². The first-order valence-corrected chi connectivity index (χ1v) is 12.5. The van der Waals surface area contributed by atoms with Gasteiger partial charge in [-0.1, -0.05) is 46.7 Å². The van der Waals surface area contributed by atoms with Crippen LogP contribution in [0.4, 0.5) is 10.8 Å². The van der Waals surface area contributed by atoms with Gasteiger partial charge >= 0.3 is 0 Å². The molecule has 0 radical (unpaired) electrons. The molecular formula is C21H19Cl2N3O3S2. The molecule has 1 aromatic heterocycles. The zero-order chi connectivity index (χ0) is 22.3. The fourth-order valence-corrected chi connectivity index (χ4v) is 7.31. The molecule has 0 saturated carbocycles. The van der Waals surface area contributed by atoms with E-state index in [4.69, 9.17) is 23.2 Å². The van der Waals surface area contributed by atoms with E-state index in [0.717, 1.165) is 28.1 Å². The SMILES string of the molecule is CC(=O)Nc1nc(C)c(-c2ccc3c(c2)CCCN3S(=O)(=O)c2c(Cl)cccc2Cl)s1. The van der Waals surface area contributed by atoms with E-state index in [9.17, 15) is 13.2 Å². The molecule has 1 N–H and O–H groups in total. The maximum absolute atomic E-state index is 13.4. The lowest BCUT2D eigenvalue weighted by Gasteiger charge is -2.31. The molecular weight excluding hydrogens is 477 g/mol. The number of anilines is 2. The number of benzene rings is 2. The van der Waals surface area contributed by atoms with Gasteiger partial charge in [0.1, 0.15) is 4.90 Å². The minimum absolute atomic E-state index is 0.0755. The molecule has 162 valence electrons. The molecule has 31 heavy (non-hydrogen) atoms. The number of amides is 1. The first-order valence-electron chi connectivity index (χ1n) is 9.53. The first kappa shape index (κ1) is 22.1. The van der Waals surface area contributed by atoms with Crippen molar-refractivity contribution in [3.05, 3.63) is 57.7 Å². The Morgan fingerprint density at radius 3 is 2.58 bits per heavy atom. The quantitative estimate of drug-likeness (QED) is 0.516. The topological polar surface area (TPSA) is 79.4 Å². The number of carbonyl (C=O) groups excluding carboxylic acids is 1. The Morgan fingerprint density at radius 2 is 1.90 bits per heavy atom. The van der Waals surface area contributed by atoms with Crippen LogP contribution in [0.2, 0.25) is 10.0 Å². The number of hydrogen-bond donors (Lipinski definition) is 1. The third-order valence-corrected chi connectivity index (χ3v) is 8.86. The van der Waals surface area contributed by atoms with Crippen LogP contribution in [0.25, 0.3) is 10.4 Å². The van der Waals surface area contributed by atoms with Gasteiger partial charge in [-0.15, -0.1) is 0 Å². The maximum atomic E-state index is 13.4. The number of nitrogens with one attached hydrogen (secondary N) is 1. The van der Waals surface area contributed by atoms with Gasteiger partial charge in [0.2, 0.25) is 5.91 Å². The number of hydrogen-bond acceptors (Lipinski definition) is 5. The van der Waals surface area contributed by atoms with Crippen molar-refractivity contribution in [1.82, 2.24) is 4.98 Å². The Bertz CT molecular complexity index is 1270. The highest BCUT2D eigenvalue weighted by molar-refractivity contribution is 7.93. The van der Waals surface area contributed by atoms with Crippen LogP contribution in [0.5, 0.6) is 0 Å². The second-order valence-electron chi connectivity index (χ2n) is 7.19. The summed E-state index contributed by atoms with van der Waals surface area (Å²) in [6.45, 7) is 3.67. The van der Waals surface area contributed by atoms with Gasteiger partial charge in [0.15, 0.2) is 5.13 Å². The number of fused-ring (bicyclic) bond motifs is 1. The van der Waals surface area contributed by atoms with E-state index in [1.165, 1.54) is 34.7 Å².